The highest BCUT2D eigenvalue weighted by atomic mass is 16.4. The molecule has 0 aromatic heterocycles. The molecule has 0 radical (unpaired) electrons. The molecule has 4 atom stereocenters. The highest BCUT2D eigenvalue weighted by Crippen LogP contribution is 2.06. The maximum Gasteiger partial charge on any atom is 0.326 e. The van der Waals surface area contributed by atoms with Crippen LogP contribution in [0.25, 0.3) is 0 Å². The fourth-order valence-electron chi connectivity index (χ4n) is 2.44. The van der Waals surface area contributed by atoms with Gasteiger partial charge in [-0.25, -0.2) is 4.79 Å². The van der Waals surface area contributed by atoms with Gasteiger partial charge in [-0.2, -0.15) is 0 Å². The van der Waals surface area contributed by atoms with Gasteiger partial charge in [0.25, 0.3) is 0 Å². The van der Waals surface area contributed by atoms with Crippen molar-refractivity contribution in [3.8, 4) is 0 Å². The summed E-state index contributed by atoms with van der Waals surface area (Å²) in [7, 11) is 0. The number of nitrogens with two attached hydrogens (primary N) is 3. The first-order chi connectivity index (χ1) is 13.8. The zero-order chi connectivity index (χ0) is 23.4. The van der Waals surface area contributed by atoms with Crippen LogP contribution < -0.4 is 33.2 Å². The van der Waals surface area contributed by atoms with Gasteiger partial charge in [-0.3, -0.25) is 19.4 Å². The fourth-order valence-corrected chi connectivity index (χ4v) is 2.44. The van der Waals surface area contributed by atoms with E-state index in [4.69, 9.17) is 17.2 Å². The van der Waals surface area contributed by atoms with Gasteiger partial charge in [0.1, 0.15) is 18.1 Å². The number of guanidine groups is 1. The van der Waals surface area contributed by atoms with E-state index in [1.165, 1.54) is 13.8 Å². The molecule has 0 saturated heterocycles. The van der Waals surface area contributed by atoms with Gasteiger partial charge in [-0.05, 0) is 39.0 Å². The van der Waals surface area contributed by atoms with Crippen LogP contribution in [0.15, 0.2) is 4.99 Å². The number of carbonyl (C=O) groups is 4. The molecule has 3 amide bonds. The van der Waals surface area contributed by atoms with Gasteiger partial charge < -0.3 is 38.3 Å². The second-order valence-corrected chi connectivity index (χ2v) is 7.56. The number of carbonyl (C=O) groups excluding carboxylic acids is 3. The number of nitrogens with one attached hydrogen (secondary N) is 3. The quantitative estimate of drug-likeness (QED) is 0.0983. The van der Waals surface area contributed by atoms with Gasteiger partial charge in [0.15, 0.2) is 5.96 Å². The molecule has 0 heterocycles. The Balaban J connectivity index is 4.90. The SMILES string of the molecule is CC(C)CC(NC(=O)C(C)N)C(=O)NC(C)C(=O)NC(CCCN=C(N)N)C(=O)O. The van der Waals surface area contributed by atoms with Crippen molar-refractivity contribution in [2.45, 2.75) is 71.1 Å². The van der Waals surface area contributed by atoms with Crippen molar-refractivity contribution in [2.75, 3.05) is 6.54 Å². The number of hydrogen-bond acceptors (Lipinski definition) is 6. The third-order valence-corrected chi connectivity index (χ3v) is 4.07. The minimum Gasteiger partial charge on any atom is -0.480 e. The third-order valence-electron chi connectivity index (χ3n) is 4.07. The molecule has 0 aromatic rings. The average Bonchev–Trinajstić information content (AvgIpc) is 2.62. The van der Waals surface area contributed by atoms with E-state index in [1.54, 1.807) is 0 Å². The van der Waals surface area contributed by atoms with Gasteiger partial charge in [-0.1, -0.05) is 13.8 Å². The van der Waals surface area contributed by atoms with Crippen molar-refractivity contribution in [2.24, 2.45) is 28.1 Å². The van der Waals surface area contributed by atoms with E-state index in [0.29, 0.717) is 12.8 Å². The molecule has 12 nitrogen and oxygen atoms in total. The number of hydrogen-bond donors (Lipinski definition) is 7. The van der Waals surface area contributed by atoms with Crippen LogP contribution in [0.5, 0.6) is 0 Å². The molecule has 30 heavy (non-hydrogen) atoms. The number of carboxylic acids is 1. The fraction of sp³-hybridized carbons (Fsp3) is 0.722. The molecule has 10 N–H and O–H groups in total. The molecular weight excluding hydrogens is 394 g/mol. The summed E-state index contributed by atoms with van der Waals surface area (Å²) in [5.74, 6) is -2.93. The van der Waals surface area contributed by atoms with Crippen LogP contribution in [0.1, 0.15) is 47.0 Å². The smallest absolute Gasteiger partial charge is 0.326 e. The van der Waals surface area contributed by atoms with E-state index in [9.17, 15) is 24.3 Å². The normalized spacial score (nSPS) is 14.7. The summed E-state index contributed by atoms with van der Waals surface area (Å²) in [5.41, 5.74) is 15.9. The first-order valence-electron chi connectivity index (χ1n) is 9.80. The predicted molar refractivity (Wildman–Crippen MR) is 112 cm³/mol. The largest absolute Gasteiger partial charge is 0.480 e. The lowest BCUT2D eigenvalue weighted by molar-refractivity contribution is -0.142. The van der Waals surface area contributed by atoms with Crippen molar-refractivity contribution < 1.29 is 24.3 Å². The van der Waals surface area contributed by atoms with E-state index in [-0.39, 0.29) is 24.8 Å². The van der Waals surface area contributed by atoms with Crippen LogP contribution in [0.3, 0.4) is 0 Å². The Morgan fingerprint density at radius 2 is 1.47 bits per heavy atom. The van der Waals surface area contributed by atoms with Gasteiger partial charge in [0.2, 0.25) is 17.7 Å². The number of aliphatic imine (C=N–C) groups is 1. The summed E-state index contributed by atoms with van der Waals surface area (Å²) in [6.07, 6.45) is 0.801. The van der Waals surface area contributed by atoms with Crippen molar-refractivity contribution in [1.29, 1.82) is 0 Å². The Bertz CT molecular complexity index is 632. The molecule has 0 saturated carbocycles. The molecule has 0 fully saturated rings. The van der Waals surface area contributed by atoms with Crippen molar-refractivity contribution in [3.05, 3.63) is 0 Å². The summed E-state index contributed by atoms with van der Waals surface area (Å²) in [4.78, 5) is 51.9. The van der Waals surface area contributed by atoms with Gasteiger partial charge in [-0.15, -0.1) is 0 Å². The Kier molecular flexibility index (Phi) is 12.1. The highest BCUT2D eigenvalue weighted by molar-refractivity contribution is 5.93. The zero-order valence-electron chi connectivity index (χ0n) is 18.0. The number of amides is 3. The molecular formula is C18H35N7O5. The summed E-state index contributed by atoms with van der Waals surface area (Å²) in [5, 5.41) is 16.7. The lowest BCUT2D eigenvalue weighted by Crippen LogP contribution is -2.56. The Labute approximate surface area is 176 Å². The first kappa shape index (κ1) is 27.1. The molecule has 0 bridgehead atoms. The molecule has 0 aromatic carbocycles. The second kappa shape index (κ2) is 13.4. The Morgan fingerprint density at radius 3 is 1.93 bits per heavy atom. The monoisotopic (exact) mass is 429 g/mol. The predicted octanol–water partition coefficient (Wildman–Crippen LogP) is -2.01. The topological polar surface area (TPSA) is 215 Å². The maximum absolute atomic E-state index is 12.5. The number of nitrogens with zero attached hydrogens (tertiary/aromatic N) is 1. The first-order valence-corrected chi connectivity index (χ1v) is 9.80. The molecule has 172 valence electrons. The molecule has 0 spiro atoms. The van der Waals surface area contributed by atoms with Crippen molar-refractivity contribution in [1.82, 2.24) is 16.0 Å². The lowest BCUT2D eigenvalue weighted by Gasteiger charge is -2.24. The minimum absolute atomic E-state index is 0.0971. The van der Waals surface area contributed by atoms with Gasteiger partial charge >= 0.3 is 5.97 Å². The van der Waals surface area contributed by atoms with Crippen molar-refractivity contribution in [3.63, 3.8) is 0 Å². The minimum atomic E-state index is -1.21. The zero-order valence-corrected chi connectivity index (χ0v) is 18.0. The second-order valence-electron chi connectivity index (χ2n) is 7.56. The van der Waals surface area contributed by atoms with Gasteiger partial charge in [0, 0.05) is 6.54 Å². The van der Waals surface area contributed by atoms with Crippen molar-refractivity contribution >= 4 is 29.7 Å². The van der Waals surface area contributed by atoms with E-state index >= 15 is 0 Å². The van der Waals surface area contributed by atoms with Crippen LogP contribution in [0.4, 0.5) is 0 Å². The number of aliphatic carboxylic acids is 1. The van der Waals surface area contributed by atoms with Crippen LogP contribution >= 0.6 is 0 Å². The standard InChI is InChI=1S/C18H35N7O5/c1-9(2)8-13(25-14(26)10(3)19)16(28)23-11(4)15(27)24-12(17(29)30)6-5-7-22-18(20)21/h9-13H,5-8,19H2,1-4H3,(H,23,28)(H,24,27)(H,25,26)(H,29,30)(H4,20,21,22). The summed E-state index contributed by atoms with van der Waals surface area (Å²) in [6, 6.07) is -3.83. The van der Waals surface area contributed by atoms with E-state index in [2.05, 4.69) is 20.9 Å². The van der Waals surface area contributed by atoms with E-state index in [1.807, 2.05) is 13.8 Å². The van der Waals surface area contributed by atoms with Crippen LogP contribution in [-0.4, -0.2) is 65.5 Å². The summed E-state index contributed by atoms with van der Waals surface area (Å²) in [6.45, 7) is 6.91. The number of rotatable bonds is 13. The van der Waals surface area contributed by atoms with Crippen LogP contribution in [0, 0.1) is 5.92 Å². The number of carboxylic acid groups (broad SMARTS) is 1. The van der Waals surface area contributed by atoms with E-state index < -0.39 is 47.9 Å². The summed E-state index contributed by atoms with van der Waals surface area (Å²) >= 11 is 0. The summed E-state index contributed by atoms with van der Waals surface area (Å²) < 4.78 is 0. The third kappa shape index (κ3) is 11.2. The van der Waals surface area contributed by atoms with Crippen LogP contribution in [-0.2, 0) is 19.2 Å². The molecule has 0 aliphatic heterocycles. The Hall–Kier alpha value is -2.89. The average molecular weight is 430 g/mol. The molecule has 4 unspecified atom stereocenters. The molecule has 0 aliphatic rings. The Morgan fingerprint density at radius 1 is 0.900 bits per heavy atom. The maximum atomic E-state index is 12.5. The highest BCUT2D eigenvalue weighted by Gasteiger charge is 2.28. The lowest BCUT2D eigenvalue weighted by atomic mass is 10.0. The molecule has 12 heteroatoms. The van der Waals surface area contributed by atoms with Gasteiger partial charge in [0.05, 0.1) is 6.04 Å². The molecule has 0 aliphatic carbocycles. The van der Waals surface area contributed by atoms with E-state index in [0.717, 1.165) is 0 Å². The molecule has 0 rings (SSSR count). The van der Waals surface area contributed by atoms with Crippen LogP contribution in [0.2, 0.25) is 0 Å².